The summed E-state index contributed by atoms with van der Waals surface area (Å²) < 4.78 is 12.3. The molecule has 2 aromatic heterocycles. The van der Waals surface area contributed by atoms with E-state index >= 15 is 0 Å². The van der Waals surface area contributed by atoms with Gasteiger partial charge in [-0.2, -0.15) is 9.61 Å². The molecule has 0 saturated carbocycles. The second kappa shape index (κ2) is 10.2. The molecule has 10 nitrogen and oxygen atoms in total. The van der Waals surface area contributed by atoms with E-state index in [1.165, 1.54) is 18.7 Å². The van der Waals surface area contributed by atoms with Gasteiger partial charge < -0.3 is 20.1 Å². The van der Waals surface area contributed by atoms with Crippen LogP contribution in [0.3, 0.4) is 0 Å². The standard InChI is InChI=1S/C23H22N6O4S/c1-14(30)24-16-5-4-6-17(12-16)25-21(31)13-34-22-10-9-20-26-27-23(29(20)28-22)15-7-8-18(32-2)19(11-15)33-3/h4-12H,13H2,1-3H3,(H,24,30)(H,25,31). The molecular weight excluding hydrogens is 456 g/mol. The zero-order chi connectivity index (χ0) is 24.1. The van der Waals surface area contributed by atoms with Gasteiger partial charge in [0.15, 0.2) is 23.0 Å². The number of hydrogen-bond acceptors (Lipinski definition) is 8. The highest BCUT2D eigenvalue weighted by Crippen LogP contribution is 2.31. The topological polar surface area (TPSA) is 120 Å². The molecule has 0 bridgehead atoms. The maximum Gasteiger partial charge on any atom is 0.234 e. The number of benzene rings is 2. The lowest BCUT2D eigenvalue weighted by molar-refractivity contribution is -0.114. The van der Waals surface area contributed by atoms with E-state index in [-0.39, 0.29) is 17.6 Å². The molecule has 2 N–H and O–H groups in total. The number of amides is 2. The van der Waals surface area contributed by atoms with Crippen molar-refractivity contribution in [3.63, 3.8) is 0 Å². The van der Waals surface area contributed by atoms with E-state index < -0.39 is 0 Å². The Labute approximate surface area is 199 Å². The number of anilines is 2. The van der Waals surface area contributed by atoms with Crippen molar-refractivity contribution in [1.82, 2.24) is 19.8 Å². The number of nitrogens with zero attached hydrogens (tertiary/aromatic N) is 4. The zero-order valence-electron chi connectivity index (χ0n) is 18.7. The Morgan fingerprint density at radius 3 is 2.44 bits per heavy atom. The first-order chi connectivity index (χ1) is 16.5. The van der Waals surface area contributed by atoms with Crippen molar-refractivity contribution in [2.75, 3.05) is 30.6 Å². The Kier molecular flexibility index (Phi) is 6.93. The molecule has 4 rings (SSSR count). The molecule has 2 amide bonds. The number of ether oxygens (including phenoxy) is 2. The third kappa shape index (κ3) is 5.26. The Morgan fingerprint density at radius 1 is 0.941 bits per heavy atom. The predicted molar refractivity (Wildman–Crippen MR) is 129 cm³/mol. The molecule has 2 heterocycles. The number of hydrogen-bond donors (Lipinski definition) is 2. The predicted octanol–water partition coefficient (Wildman–Crippen LogP) is 3.50. The van der Waals surface area contributed by atoms with Gasteiger partial charge in [0.2, 0.25) is 11.8 Å². The average Bonchev–Trinajstić information content (AvgIpc) is 3.25. The Morgan fingerprint density at radius 2 is 1.71 bits per heavy atom. The van der Waals surface area contributed by atoms with E-state index in [4.69, 9.17) is 9.47 Å². The molecule has 174 valence electrons. The van der Waals surface area contributed by atoms with Crippen LogP contribution < -0.4 is 20.1 Å². The largest absolute Gasteiger partial charge is 0.493 e. The van der Waals surface area contributed by atoms with Crippen LogP contribution in [0.2, 0.25) is 0 Å². The molecule has 0 spiro atoms. The quantitative estimate of drug-likeness (QED) is 0.369. The maximum absolute atomic E-state index is 12.4. The van der Waals surface area contributed by atoms with Gasteiger partial charge in [-0.1, -0.05) is 17.8 Å². The first-order valence-corrected chi connectivity index (χ1v) is 11.2. The molecule has 11 heteroatoms. The number of thioether (sulfide) groups is 1. The van der Waals surface area contributed by atoms with Crippen LogP contribution in [0.4, 0.5) is 11.4 Å². The summed E-state index contributed by atoms with van der Waals surface area (Å²) >= 11 is 1.28. The first kappa shape index (κ1) is 23.1. The van der Waals surface area contributed by atoms with Crippen LogP contribution in [-0.2, 0) is 9.59 Å². The monoisotopic (exact) mass is 478 g/mol. The van der Waals surface area contributed by atoms with Gasteiger partial charge in [0, 0.05) is 23.9 Å². The lowest BCUT2D eigenvalue weighted by Gasteiger charge is -2.09. The van der Waals surface area contributed by atoms with Gasteiger partial charge in [-0.15, -0.1) is 10.2 Å². The Bertz CT molecular complexity index is 1360. The highest BCUT2D eigenvalue weighted by molar-refractivity contribution is 7.99. The lowest BCUT2D eigenvalue weighted by atomic mass is 10.2. The SMILES string of the molecule is COc1ccc(-c2nnc3ccc(SCC(=O)Nc4cccc(NC(C)=O)c4)nn23)cc1OC. The van der Waals surface area contributed by atoms with Crippen molar-refractivity contribution in [1.29, 1.82) is 0 Å². The van der Waals surface area contributed by atoms with Crippen LogP contribution in [0, 0.1) is 0 Å². The normalized spacial score (nSPS) is 10.7. The second-order valence-electron chi connectivity index (χ2n) is 7.13. The Hall–Kier alpha value is -4.12. The van der Waals surface area contributed by atoms with E-state index in [2.05, 4.69) is 25.9 Å². The van der Waals surface area contributed by atoms with Crippen LogP contribution in [0.15, 0.2) is 59.6 Å². The molecule has 0 saturated heterocycles. The molecule has 0 aliphatic carbocycles. The fourth-order valence-corrected chi connectivity index (χ4v) is 3.87. The summed E-state index contributed by atoms with van der Waals surface area (Å²) in [6.45, 7) is 1.43. The summed E-state index contributed by atoms with van der Waals surface area (Å²) in [6, 6.07) is 16.0. The summed E-state index contributed by atoms with van der Waals surface area (Å²) in [5.74, 6) is 1.49. The van der Waals surface area contributed by atoms with Crippen molar-refractivity contribution >= 4 is 40.6 Å². The molecule has 4 aromatic rings. The van der Waals surface area contributed by atoms with Crippen molar-refractivity contribution in [2.24, 2.45) is 0 Å². The summed E-state index contributed by atoms with van der Waals surface area (Å²) in [5, 5.41) is 19.2. The molecule has 0 atom stereocenters. The van der Waals surface area contributed by atoms with Gasteiger partial charge in [0.1, 0.15) is 5.03 Å². The fourth-order valence-electron chi connectivity index (χ4n) is 3.22. The van der Waals surface area contributed by atoms with Gasteiger partial charge in [0.05, 0.1) is 20.0 Å². The van der Waals surface area contributed by atoms with E-state index in [0.29, 0.717) is 39.4 Å². The van der Waals surface area contributed by atoms with E-state index in [1.54, 1.807) is 67.3 Å². The number of fused-ring (bicyclic) bond motifs is 1. The van der Waals surface area contributed by atoms with Gasteiger partial charge in [-0.05, 0) is 48.5 Å². The minimum atomic E-state index is -0.198. The van der Waals surface area contributed by atoms with Crippen LogP contribution in [-0.4, -0.2) is 51.6 Å². The number of methoxy groups -OCH3 is 2. The van der Waals surface area contributed by atoms with Crippen LogP contribution in [0.1, 0.15) is 6.92 Å². The second-order valence-corrected chi connectivity index (χ2v) is 8.13. The third-order valence-corrected chi connectivity index (χ3v) is 5.62. The smallest absolute Gasteiger partial charge is 0.234 e. The van der Waals surface area contributed by atoms with Crippen molar-refractivity contribution in [3.05, 3.63) is 54.6 Å². The van der Waals surface area contributed by atoms with Crippen LogP contribution >= 0.6 is 11.8 Å². The van der Waals surface area contributed by atoms with Crippen LogP contribution in [0.25, 0.3) is 17.0 Å². The number of rotatable bonds is 8. The first-order valence-electron chi connectivity index (χ1n) is 10.2. The van der Waals surface area contributed by atoms with E-state index in [9.17, 15) is 9.59 Å². The molecular formula is C23H22N6O4S. The molecule has 0 unspecified atom stereocenters. The average molecular weight is 479 g/mol. The minimum Gasteiger partial charge on any atom is -0.493 e. The molecule has 0 aliphatic rings. The molecule has 2 aromatic carbocycles. The zero-order valence-corrected chi connectivity index (χ0v) is 19.5. The molecule has 34 heavy (non-hydrogen) atoms. The number of aromatic nitrogens is 4. The van der Waals surface area contributed by atoms with Crippen molar-refractivity contribution in [2.45, 2.75) is 11.9 Å². The molecule has 0 fully saturated rings. The van der Waals surface area contributed by atoms with E-state index in [0.717, 1.165) is 5.56 Å². The lowest BCUT2D eigenvalue weighted by Crippen LogP contribution is -2.14. The van der Waals surface area contributed by atoms with Crippen molar-refractivity contribution in [3.8, 4) is 22.9 Å². The van der Waals surface area contributed by atoms with Gasteiger partial charge in [-0.3, -0.25) is 9.59 Å². The van der Waals surface area contributed by atoms with Crippen molar-refractivity contribution < 1.29 is 19.1 Å². The number of carbonyl (C=O) groups is 2. The summed E-state index contributed by atoms with van der Waals surface area (Å²) in [6.07, 6.45) is 0. The van der Waals surface area contributed by atoms with Gasteiger partial charge >= 0.3 is 0 Å². The van der Waals surface area contributed by atoms with Gasteiger partial charge in [0.25, 0.3) is 0 Å². The molecule has 0 aliphatic heterocycles. The Balaban J connectivity index is 1.47. The highest BCUT2D eigenvalue weighted by Gasteiger charge is 2.14. The minimum absolute atomic E-state index is 0.149. The fraction of sp³-hybridized carbons (Fsp3) is 0.174. The highest BCUT2D eigenvalue weighted by atomic mass is 32.2. The van der Waals surface area contributed by atoms with Gasteiger partial charge in [-0.25, -0.2) is 0 Å². The number of carbonyl (C=O) groups excluding carboxylic acids is 2. The third-order valence-electron chi connectivity index (χ3n) is 4.70. The van der Waals surface area contributed by atoms with E-state index in [1.807, 2.05) is 6.07 Å². The molecule has 0 radical (unpaired) electrons. The summed E-state index contributed by atoms with van der Waals surface area (Å²) in [5.41, 5.74) is 2.54. The summed E-state index contributed by atoms with van der Waals surface area (Å²) in [4.78, 5) is 23.7. The summed E-state index contributed by atoms with van der Waals surface area (Å²) in [7, 11) is 3.14. The van der Waals surface area contributed by atoms with Crippen LogP contribution in [0.5, 0.6) is 11.5 Å². The maximum atomic E-state index is 12.4. The number of nitrogens with one attached hydrogen (secondary N) is 2.